The SMILES string of the molecule is Cc1cc(OCC(=O)NN=Cc2cccc(F)c2F)ccc1Br. The van der Waals surface area contributed by atoms with Crippen LogP contribution in [0.25, 0.3) is 0 Å². The molecular formula is C16H13BrF2N2O2. The lowest BCUT2D eigenvalue weighted by atomic mass is 10.2. The van der Waals surface area contributed by atoms with Crippen LogP contribution in [0.3, 0.4) is 0 Å². The molecule has 120 valence electrons. The molecule has 2 rings (SSSR count). The van der Waals surface area contributed by atoms with Gasteiger partial charge >= 0.3 is 0 Å². The summed E-state index contributed by atoms with van der Waals surface area (Å²) in [5.74, 6) is -1.97. The number of rotatable bonds is 5. The summed E-state index contributed by atoms with van der Waals surface area (Å²) < 4.78 is 32.6. The average molecular weight is 383 g/mol. The second-order valence-electron chi connectivity index (χ2n) is 4.64. The minimum Gasteiger partial charge on any atom is -0.484 e. The monoisotopic (exact) mass is 382 g/mol. The lowest BCUT2D eigenvalue weighted by Gasteiger charge is -2.06. The Kier molecular flexibility index (Phi) is 5.81. The molecule has 0 radical (unpaired) electrons. The topological polar surface area (TPSA) is 50.7 Å². The number of hydrogen-bond donors (Lipinski definition) is 1. The molecule has 0 unspecified atom stereocenters. The van der Waals surface area contributed by atoms with Crippen LogP contribution < -0.4 is 10.2 Å². The van der Waals surface area contributed by atoms with Gasteiger partial charge in [0.1, 0.15) is 5.75 Å². The fraction of sp³-hybridized carbons (Fsp3) is 0.125. The molecule has 0 aliphatic rings. The van der Waals surface area contributed by atoms with E-state index < -0.39 is 17.5 Å². The Balaban J connectivity index is 1.86. The van der Waals surface area contributed by atoms with E-state index in [-0.39, 0.29) is 12.2 Å². The van der Waals surface area contributed by atoms with Gasteiger partial charge in [-0.05, 0) is 36.8 Å². The van der Waals surface area contributed by atoms with Crippen LogP contribution in [0.1, 0.15) is 11.1 Å². The highest BCUT2D eigenvalue weighted by atomic mass is 79.9. The Labute approximate surface area is 140 Å². The Morgan fingerprint density at radius 2 is 2.13 bits per heavy atom. The van der Waals surface area contributed by atoms with E-state index in [2.05, 4.69) is 26.5 Å². The molecule has 2 aromatic carbocycles. The normalized spacial score (nSPS) is 10.8. The zero-order valence-electron chi connectivity index (χ0n) is 12.1. The van der Waals surface area contributed by atoms with E-state index in [1.165, 1.54) is 12.1 Å². The lowest BCUT2D eigenvalue weighted by Crippen LogP contribution is -2.24. The van der Waals surface area contributed by atoms with E-state index in [0.29, 0.717) is 5.75 Å². The summed E-state index contributed by atoms with van der Waals surface area (Å²) in [6.45, 7) is 1.65. The fourth-order valence-corrected chi connectivity index (χ4v) is 1.93. The van der Waals surface area contributed by atoms with E-state index in [4.69, 9.17) is 4.74 Å². The van der Waals surface area contributed by atoms with Crippen molar-refractivity contribution in [2.24, 2.45) is 5.10 Å². The van der Waals surface area contributed by atoms with Gasteiger partial charge in [-0.15, -0.1) is 0 Å². The summed E-state index contributed by atoms with van der Waals surface area (Å²) >= 11 is 3.37. The molecule has 0 atom stereocenters. The quantitative estimate of drug-likeness (QED) is 0.634. The van der Waals surface area contributed by atoms with Crippen molar-refractivity contribution >= 4 is 28.1 Å². The molecule has 7 heteroatoms. The Bertz CT molecular complexity index is 751. The highest BCUT2D eigenvalue weighted by molar-refractivity contribution is 9.10. The number of amides is 1. The summed E-state index contributed by atoms with van der Waals surface area (Å²) in [7, 11) is 0. The van der Waals surface area contributed by atoms with E-state index in [0.717, 1.165) is 22.3 Å². The third-order valence-electron chi connectivity index (χ3n) is 2.87. The fourth-order valence-electron chi connectivity index (χ4n) is 1.68. The maximum atomic E-state index is 13.4. The van der Waals surface area contributed by atoms with Crippen molar-refractivity contribution in [2.75, 3.05) is 6.61 Å². The molecule has 0 aliphatic carbocycles. The minimum atomic E-state index is -1.02. The summed E-state index contributed by atoms with van der Waals surface area (Å²) in [5, 5.41) is 3.57. The van der Waals surface area contributed by atoms with Crippen molar-refractivity contribution in [2.45, 2.75) is 6.92 Å². The predicted octanol–water partition coefficient (Wildman–Crippen LogP) is 3.56. The van der Waals surface area contributed by atoms with E-state index >= 15 is 0 Å². The predicted molar refractivity (Wildman–Crippen MR) is 86.5 cm³/mol. The second-order valence-corrected chi connectivity index (χ2v) is 5.49. The van der Waals surface area contributed by atoms with Crippen LogP contribution in [0.5, 0.6) is 5.75 Å². The number of ether oxygens (including phenoxy) is 1. The number of halogens is 3. The van der Waals surface area contributed by atoms with Crippen molar-refractivity contribution in [3.05, 3.63) is 63.6 Å². The number of aryl methyl sites for hydroxylation is 1. The van der Waals surface area contributed by atoms with Crippen molar-refractivity contribution in [1.29, 1.82) is 0 Å². The van der Waals surface area contributed by atoms with E-state index in [9.17, 15) is 13.6 Å². The van der Waals surface area contributed by atoms with Crippen LogP contribution in [0.2, 0.25) is 0 Å². The smallest absolute Gasteiger partial charge is 0.277 e. The van der Waals surface area contributed by atoms with Crippen molar-refractivity contribution in [3.63, 3.8) is 0 Å². The number of hydrogen-bond acceptors (Lipinski definition) is 3. The molecule has 0 heterocycles. The number of carbonyl (C=O) groups is 1. The maximum absolute atomic E-state index is 13.4. The molecule has 0 aromatic heterocycles. The summed E-state index contributed by atoms with van der Waals surface area (Å²) in [4.78, 5) is 11.6. The first-order valence-corrected chi connectivity index (χ1v) is 7.41. The summed E-state index contributed by atoms with van der Waals surface area (Å²) in [5.41, 5.74) is 3.10. The summed E-state index contributed by atoms with van der Waals surface area (Å²) in [6.07, 6.45) is 1.03. The molecule has 0 aliphatic heterocycles. The standard InChI is InChI=1S/C16H13BrF2N2O2/c1-10-7-12(5-6-13(10)17)23-9-15(22)21-20-8-11-3-2-4-14(18)16(11)19/h2-8H,9H2,1H3,(H,21,22). The average Bonchev–Trinajstić information content (AvgIpc) is 2.52. The zero-order valence-corrected chi connectivity index (χ0v) is 13.7. The van der Waals surface area contributed by atoms with Crippen LogP contribution >= 0.6 is 15.9 Å². The molecule has 0 spiro atoms. The van der Waals surface area contributed by atoms with Gasteiger partial charge in [-0.2, -0.15) is 5.10 Å². The highest BCUT2D eigenvalue weighted by Gasteiger charge is 2.06. The Morgan fingerprint density at radius 1 is 1.35 bits per heavy atom. The molecule has 0 saturated carbocycles. The third-order valence-corrected chi connectivity index (χ3v) is 3.76. The van der Waals surface area contributed by atoms with Gasteiger partial charge in [-0.1, -0.05) is 28.1 Å². The largest absolute Gasteiger partial charge is 0.484 e. The van der Waals surface area contributed by atoms with Crippen LogP contribution in [0.4, 0.5) is 8.78 Å². The van der Waals surface area contributed by atoms with E-state index in [1.807, 2.05) is 13.0 Å². The maximum Gasteiger partial charge on any atom is 0.277 e. The van der Waals surface area contributed by atoms with Crippen LogP contribution in [0.15, 0.2) is 46.0 Å². The molecule has 4 nitrogen and oxygen atoms in total. The number of benzene rings is 2. The summed E-state index contributed by atoms with van der Waals surface area (Å²) in [6, 6.07) is 9.00. The van der Waals surface area contributed by atoms with Gasteiger partial charge in [0, 0.05) is 10.0 Å². The first-order valence-electron chi connectivity index (χ1n) is 6.62. The molecular weight excluding hydrogens is 370 g/mol. The molecule has 2 aromatic rings. The van der Waals surface area contributed by atoms with Gasteiger partial charge in [0.25, 0.3) is 5.91 Å². The van der Waals surface area contributed by atoms with Crippen molar-refractivity contribution in [3.8, 4) is 5.75 Å². The first-order chi connectivity index (χ1) is 11.0. The minimum absolute atomic E-state index is 0.0604. The molecule has 0 fully saturated rings. The van der Waals surface area contributed by atoms with Gasteiger partial charge in [-0.25, -0.2) is 14.2 Å². The Hall–Kier alpha value is -2.28. The van der Waals surface area contributed by atoms with Crippen LogP contribution in [-0.2, 0) is 4.79 Å². The zero-order chi connectivity index (χ0) is 16.8. The van der Waals surface area contributed by atoms with Gasteiger partial charge in [0.15, 0.2) is 18.2 Å². The van der Waals surface area contributed by atoms with Gasteiger partial charge in [0.2, 0.25) is 0 Å². The molecule has 0 bridgehead atoms. The van der Waals surface area contributed by atoms with Crippen LogP contribution in [-0.4, -0.2) is 18.7 Å². The lowest BCUT2D eigenvalue weighted by molar-refractivity contribution is -0.123. The number of hydrazone groups is 1. The first kappa shape index (κ1) is 17.1. The molecule has 1 amide bonds. The molecule has 1 N–H and O–H groups in total. The third kappa shape index (κ3) is 4.85. The van der Waals surface area contributed by atoms with Gasteiger partial charge in [-0.3, -0.25) is 4.79 Å². The van der Waals surface area contributed by atoms with Crippen LogP contribution in [0, 0.1) is 18.6 Å². The van der Waals surface area contributed by atoms with E-state index in [1.54, 1.807) is 12.1 Å². The molecule has 0 saturated heterocycles. The Morgan fingerprint density at radius 3 is 2.87 bits per heavy atom. The van der Waals surface area contributed by atoms with Crippen molar-refractivity contribution in [1.82, 2.24) is 5.43 Å². The number of carbonyl (C=O) groups excluding carboxylic acids is 1. The van der Waals surface area contributed by atoms with Crippen molar-refractivity contribution < 1.29 is 18.3 Å². The highest BCUT2D eigenvalue weighted by Crippen LogP contribution is 2.21. The van der Waals surface area contributed by atoms with Gasteiger partial charge in [0.05, 0.1) is 6.21 Å². The second kappa shape index (κ2) is 7.82. The van der Waals surface area contributed by atoms with Gasteiger partial charge < -0.3 is 4.74 Å². The number of nitrogens with zero attached hydrogens (tertiary/aromatic N) is 1. The number of nitrogens with one attached hydrogen (secondary N) is 1. The molecule has 23 heavy (non-hydrogen) atoms.